The summed E-state index contributed by atoms with van der Waals surface area (Å²) in [4.78, 5) is 4.25. The summed E-state index contributed by atoms with van der Waals surface area (Å²) < 4.78 is 26.3. The van der Waals surface area contributed by atoms with Crippen LogP contribution in [0.15, 0.2) is 70.9 Å². The maximum absolute atomic E-state index is 12.5. The minimum atomic E-state index is -3.43. The molecule has 1 aromatic heterocycles. The summed E-state index contributed by atoms with van der Waals surface area (Å²) in [5.41, 5.74) is 3.67. The molecule has 0 spiro atoms. The lowest BCUT2D eigenvalue weighted by Crippen LogP contribution is -2.35. The fourth-order valence-corrected chi connectivity index (χ4v) is 5.69. The number of thiophene rings is 1. The third-order valence-electron chi connectivity index (χ3n) is 5.24. The Kier molecular flexibility index (Phi) is 5.38. The molecule has 0 bridgehead atoms. The summed E-state index contributed by atoms with van der Waals surface area (Å²) in [6.07, 6.45) is 1.03. The van der Waals surface area contributed by atoms with E-state index in [2.05, 4.69) is 40.6 Å². The second kappa shape index (κ2) is 7.79. The van der Waals surface area contributed by atoms with Gasteiger partial charge in [0.15, 0.2) is 0 Å². The Labute approximate surface area is 171 Å². The van der Waals surface area contributed by atoms with Gasteiger partial charge in [-0.1, -0.05) is 42.5 Å². The molecular formula is C22H24N2O2S2. The molecule has 0 amide bonds. The zero-order valence-electron chi connectivity index (χ0n) is 16.1. The predicted octanol–water partition coefficient (Wildman–Crippen LogP) is 4.15. The van der Waals surface area contributed by atoms with Crippen LogP contribution in [0.1, 0.15) is 27.6 Å². The smallest absolute Gasteiger partial charge is 0.242 e. The Hall–Kier alpha value is -1.99. The highest BCUT2D eigenvalue weighted by molar-refractivity contribution is 7.89. The molecule has 6 heteroatoms. The number of hydrogen-bond acceptors (Lipinski definition) is 4. The van der Waals surface area contributed by atoms with Gasteiger partial charge >= 0.3 is 0 Å². The van der Waals surface area contributed by atoms with E-state index in [4.69, 9.17) is 0 Å². The highest BCUT2D eigenvalue weighted by Gasteiger charge is 2.29. The van der Waals surface area contributed by atoms with Crippen molar-refractivity contribution in [2.45, 2.75) is 23.9 Å². The summed E-state index contributed by atoms with van der Waals surface area (Å²) in [7, 11) is -0.298. The van der Waals surface area contributed by atoms with Crippen LogP contribution in [0, 0.1) is 0 Å². The molecule has 28 heavy (non-hydrogen) atoms. The summed E-state index contributed by atoms with van der Waals surface area (Å²) in [6.45, 7) is 1.67. The fraction of sp³-hybridized carbons (Fsp3) is 0.273. The molecule has 146 valence electrons. The van der Waals surface area contributed by atoms with E-state index >= 15 is 0 Å². The van der Waals surface area contributed by atoms with Gasteiger partial charge in [-0.05, 0) is 46.7 Å². The highest BCUT2D eigenvalue weighted by Crippen LogP contribution is 2.38. The van der Waals surface area contributed by atoms with Crippen molar-refractivity contribution < 1.29 is 8.42 Å². The molecule has 0 fully saturated rings. The molecule has 2 aromatic carbocycles. The van der Waals surface area contributed by atoms with Gasteiger partial charge in [-0.2, -0.15) is 0 Å². The van der Waals surface area contributed by atoms with Gasteiger partial charge in [0.25, 0.3) is 0 Å². The van der Waals surface area contributed by atoms with Gasteiger partial charge < -0.3 is 0 Å². The maximum Gasteiger partial charge on any atom is 0.242 e. The van der Waals surface area contributed by atoms with Gasteiger partial charge in [0.2, 0.25) is 10.0 Å². The lowest BCUT2D eigenvalue weighted by molar-refractivity contribution is 0.206. The first-order valence-electron chi connectivity index (χ1n) is 9.33. The average Bonchev–Trinajstić information content (AvgIpc) is 3.17. The topological polar surface area (TPSA) is 40.6 Å². The first-order valence-corrected chi connectivity index (χ1v) is 11.7. The van der Waals surface area contributed by atoms with Crippen molar-refractivity contribution in [2.24, 2.45) is 0 Å². The Morgan fingerprint density at radius 3 is 2.61 bits per heavy atom. The van der Waals surface area contributed by atoms with Crippen LogP contribution in [0.3, 0.4) is 0 Å². The van der Waals surface area contributed by atoms with E-state index in [1.54, 1.807) is 26.2 Å². The zero-order chi connectivity index (χ0) is 19.7. The van der Waals surface area contributed by atoms with Crippen LogP contribution in [0.5, 0.6) is 0 Å². The van der Waals surface area contributed by atoms with Crippen molar-refractivity contribution in [1.29, 1.82) is 0 Å². The minimum absolute atomic E-state index is 0.199. The Bertz CT molecular complexity index is 1060. The molecule has 4 nitrogen and oxygen atoms in total. The molecule has 0 aliphatic carbocycles. The van der Waals surface area contributed by atoms with Gasteiger partial charge in [-0.25, -0.2) is 12.7 Å². The third-order valence-corrected chi connectivity index (χ3v) is 8.05. The molecule has 4 rings (SSSR count). The number of hydrogen-bond donors (Lipinski definition) is 0. The number of fused-ring (bicyclic) bond motifs is 1. The van der Waals surface area contributed by atoms with Crippen molar-refractivity contribution in [2.75, 3.05) is 20.6 Å². The summed E-state index contributed by atoms with van der Waals surface area (Å²) >= 11 is 1.83. The van der Waals surface area contributed by atoms with Gasteiger partial charge in [-0.3, -0.25) is 4.90 Å². The van der Waals surface area contributed by atoms with Crippen LogP contribution >= 0.6 is 11.3 Å². The number of sulfonamides is 1. The summed E-state index contributed by atoms with van der Waals surface area (Å²) in [5.74, 6) is 0. The van der Waals surface area contributed by atoms with Gasteiger partial charge in [0.1, 0.15) is 0 Å². The maximum atomic E-state index is 12.5. The van der Waals surface area contributed by atoms with E-state index in [0.29, 0.717) is 11.4 Å². The first-order chi connectivity index (χ1) is 13.5. The molecule has 0 saturated heterocycles. The standard InChI is InChI=1S/C22H24N2O2S2/c1-23(2)28(25,26)19-10-6-7-17(15-19)16-24-13-11-21-20(12-14-27-21)22(24)18-8-4-3-5-9-18/h3-10,12,14-15,22H,11,13,16H2,1-2H3/t22-/m1/s1. The van der Waals surface area contributed by atoms with E-state index in [0.717, 1.165) is 18.5 Å². The van der Waals surface area contributed by atoms with Crippen molar-refractivity contribution in [3.05, 3.63) is 87.6 Å². The van der Waals surface area contributed by atoms with Crippen LogP contribution in [0.2, 0.25) is 0 Å². The molecule has 1 aliphatic heterocycles. The van der Waals surface area contributed by atoms with Crippen molar-refractivity contribution >= 4 is 21.4 Å². The Morgan fingerprint density at radius 1 is 1.07 bits per heavy atom. The van der Waals surface area contributed by atoms with Crippen LogP contribution in [-0.2, 0) is 23.0 Å². The van der Waals surface area contributed by atoms with Crippen molar-refractivity contribution in [1.82, 2.24) is 9.21 Å². The number of rotatable bonds is 5. The molecule has 0 radical (unpaired) electrons. The lowest BCUT2D eigenvalue weighted by atomic mass is 9.93. The van der Waals surface area contributed by atoms with Gasteiger partial charge in [0.05, 0.1) is 10.9 Å². The molecule has 0 saturated carbocycles. The molecule has 0 unspecified atom stereocenters. The molecular weight excluding hydrogens is 388 g/mol. The fourth-order valence-electron chi connectivity index (χ4n) is 3.81. The molecule has 0 N–H and O–H groups in total. The highest BCUT2D eigenvalue weighted by atomic mass is 32.2. The average molecular weight is 413 g/mol. The molecule has 1 atom stereocenters. The Balaban J connectivity index is 1.68. The quantitative estimate of drug-likeness (QED) is 0.632. The minimum Gasteiger partial charge on any atom is -0.288 e. The van der Waals surface area contributed by atoms with Crippen LogP contribution in [0.4, 0.5) is 0 Å². The summed E-state index contributed by atoms with van der Waals surface area (Å²) in [5, 5.41) is 2.17. The van der Waals surface area contributed by atoms with E-state index in [9.17, 15) is 8.42 Å². The Morgan fingerprint density at radius 2 is 1.86 bits per heavy atom. The van der Waals surface area contributed by atoms with Crippen LogP contribution in [-0.4, -0.2) is 38.3 Å². The van der Waals surface area contributed by atoms with Crippen LogP contribution < -0.4 is 0 Å². The second-order valence-electron chi connectivity index (χ2n) is 7.27. The largest absolute Gasteiger partial charge is 0.288 e. The predicted molar refractivity (Wildman–Crippen MR) is 114 cm³/mol. The van der Waals surface area contributed by atoms with Crippen molar-refractivity contribution in [3.63, 3.8) is 0 Å². The van der Waals surface area contributed by atoms with E-state index in [1.807, 2.05) is 29.5 Å². The molecule has 1 aliphatic rings. The normalized spacial score (nSPS) is 17.6. The van der Waals surface area contributed by atoms with Gasteiger partial charge in [0, 0.05) is 32.1 Å². The monoisotopic (exact) mass is 412 g/mol. The first kappa shape index (κ1) is 19.3. The van der Waals surface area contributed by atoms with Crippen LogP contribution in [0.25, 0.3) is 0 Å². The summed E-state index contributed by atoms with van der Waals surface area (Å²) in [6, 6.07) is 20.3. The number of nitrogens with zero attached hydrogens (tertiary/aromatic N) is 2. The number of benzene rings is 2. The zero-order valence-corrected chi connectivity index (χ0v) is 17.7. The van der Waals surface area contributed by atoms with E-state index in [1.165, 1.54) is 20.3 Å². The van der Waals surface area contributed by atoms with E-state index in [-0.39, 0.29) is 6.04 Å². The lowest BCUT2D eigenvalue weighted by Gasteiger charge is -2.36. The molecule has 2 heterocycles. The SMILES string of the molecule is CN(C)S(=O)(=O)c1cccc(CN2CCc3sccc3[C@H]2c2ccccc2)c1. The van der Waals surface area contributed by atoms with Crippen molar-refractivity contribution in [3.8, 4) is 0 Å². The second-order valence-corrected chi connectivity index (χ2v) is 10.4. The molecule has 3 aromatic rings. The van der Waals surface area contributed by atoms with Gasteiger partial charge in [-0.15, -0.1) is 11.3 Å². The van der Waals surface area contributed by atoms with E-state index < -0.39 is 10.0 Å². The third kappa shape index (κ3) is 3.65.